The van der Waals surface area contributed by atoms with Crippen LogP contribution in [0.5, 0.6) is 0 Å². The van der Waals surface area contributed by atoms with E-state index >= 15 is 0 Å². The first-order valence-electron chi connectivity index (χ1n) is 6.60. The van der Waals surface area contributed by atoms with Gasteiger partial charge < -0.3 is 4.90 Å². The topological polar surface area (TPSA) is 3.24 Å². The lowest BCUT2D eigenvalue weighted by atomic mass is 10.2. The number of halogens is 3. The van der Waals surface area contributed by atoms with Gasteiger partial charge in [-0.3, -0.25) is 0 Å². The Balaban J connectivity index is 2.38. The predicted octanol–water partition coefficient (Wildman–Crippen LogP) is 5.56. The molecule has 106 valence electrons. The number of nitrogens with zero attached hydrogens (tertiary/aromatic N) is 1. The number of hydrogen-bond acceptors (Lipinski definition) is 1. The van der Waals surface area contributed by atoms with Crippen molar-refractivity contribution in [1.82, 2.24) is 0 Å². The van der Waals surface area contributed by atoms with Gasteiger partial charge in [-0.15, -0.1) is 0 Å². The molecule has 2 rings (SSSR count). The average Bonchev–Trinajstić information content (AvgIpc) is 2.42. The van der Waals surface area contributed by atoms with Crippen LogP contribution in [-0.2, 0) is 0 Å². The molecule has 0 bridgehead atoms. The average molecular weight is 296 g/mol. The highest BCUT2D eigenvalue weighted by atomic mass is 35.5. The van der Waals surface area contributed by atoms with E-state index in [0.29, 0.717) is 17.3 Å². The summed E-state index contributed by atoms with van der Waals surface area (Å²) in [4.78, 5) is 1.84. The molecule has 0 spiro atoms. The molecule has 0 atom stereocenters. The summed E-state index contributed by atoms with van der Waals surface area (Å²) in [6.45, 7) is 2.74. The fourth-order valence-corrected chi connectivity index (χ4v) is 2.15. The molecule has 0 N–H and O–H groups in total. The third kappa shape index (κ3) is 3.48. The summed E-state index contributed by atoms with van der Waals surface area (Å²) in [7, 11) is 0. The molecule has 4 heteroatoms. The monoisotopic (exact) mass is 295 g/mol. The number of unbranched alkanes of at least 4 members (excludes halogenated alkanes) is 1. The van der Waals surface area contributed by atoms with E-state index in [1.165, 1.54) is 12.1 Å². The largest absolute Gasteiger partial charge is 0.339 e. The maximum Gasteiger partial charge on any atom is 0.149 e. The summed E-state index contributed by atoms with van der Waals surface area (Å²) in [5.74, 6) is -1.13. The molecule has 0 unspecified atom stereocenters. The zero-order chi connectivity index (χ0) is 14.5. The fraction of sp³-hybridized carbons (Fsp3) is 0.250. The molecule has 0 fully saturated rings. The molecule has 0 aliphatic carbocycles. The van der Waals surface area contributed by atoms with Crippen LogP contribution < -0.4 is 4.90 Å². The molecule has 2 aromatic rings. The quantitative estimate of drug-likeness (QED) is 0.698. The van der Waals surface area contributed by atoms with Gasteiger partial charge in [0.1, 0.15) is 11.6 Å². The summed E-state index contributed by atoms with van der Waals surface area (Å²) in [5, 5.41) is 0.628. The van der Waals surface area contributed by atoms with Crippen LogP contribution in [0, 0.1) is 11.6 Å². The lowest BCUT2D eigenvalue weighted by Crippen LogP contribution is -2.19. The molecule has 0 radical (unpaired) electrons. The first kappa shape index (κ1) is 14.8. The molecule has 0 aliphatic rings. The zero-order valence-electron chi connectivity index (χ0n) is 11.2. The maximum absolute atomic E-state index is 14.0. The van der Waals surface area contributed by atoms with Gasteiger partial charge in [0.2, 0.25) is 0 Å². The molecule has 0 aromatic heterocycles. The Morgan fingerprint density at radius 3 is 2.35 bits per heavy atom. The minimum absolute atomic E-state index is 0.377. The van der Waals surface area contributed by atoms with Crippen LogP contribution >= 0.6 is 11.6 Å². The maximum atomic E-state index is 14.0. The van der Waals surface area contributed by atoms with Crippen molar-refractivity contribution in [1.29, 1.82) is 0 Å². The summed E-state index contributed by atoms with van der Waals surface area (Å²) in [6.07, 6.45) is 1.91. The van der Waals surface area contributed by atoms with Crippen LogP contribution in [0.1, 0.15) is 19.8 Å². The van der Waals surface area contributed by atoms with Crippen LogP contribution in [0.15, 0.2) is 42.5 Å². The molecule has 1 nitrogen and oxygen atoms in total. The zero-order valence-corrected chi connectivity index (χ0v) is 12.0. The normalized spacial score (nSPS) is 10.6. The molecule has 20 heavy (non-hydrogen) atoms. The second kappa shape index (κ2) is 6.71. The Labute approximate surface area is 122 Å². The van der Waals surface area contributed by atoms with Crippen molar-refractivity contribution in [2.24, 2.45) is 0 Å². The van der Waals surface area contributed by atoms with Gasteiger partial charge in [-0.25, -0.2) is 8.78 Å². The molecule has 0 amide bonds. The van der Waals surface area contributed by atoms with Crippen molar-refractivity contribution in [3.05, 3.63) is 59.1 Å². The second-order valence-corrected chi connectivity index (χ2v) is 5.01. The predicted molar refractivity (Wildman–Crippen MR) is 79.7 cm³/mol. The van der Waals surface area contributed by atoms with E-state index in [2.05, 4.69) is 6.92 Å². The summed E-state index contributed by atoms with van der Waals surface area (Å²) in [6, 6.07) is 10.8. The summed E-state index contributed by atoms with van der Waals surface area (Å²) >= 11 is 5.88. The lowest BCUT2D eigenvalue weighted by molar-refractivity contribution is 0.581. The van der Waals surface area contributed by atoms with Crippen molar-refractivity contribution in [2.45, 2.75) is 19.8 Å². The van der Waals surface area contributed by atoms with E-state index in [9.17, 15) is 8.78 Å². The van der Waals surface area contributed by atoms with E-state index in [4.69, 9.17) is 11.6 Å². The fourth-order valence-electron chi connectivity index (χ4n) is 2.03. The van der Waals surface area contributed by atoms with Crippen molar-refractivity contribution in [3.63, 3.8) is 0 Å². The van der Waals surface area contributed by atoms with Crippen LogP contribution in [0.2, 0.25) is 5.02 Å². The van der Waals surface area contributed by atoms with Gasteiger partial charge in [0.05, 0.1) is 5.69 Å². The van der Waals surface area contributed by atoms with E-state index in [0.717, 1.165) is 24.6 Å². The first-order valence-corrected chi connectivity index (χ1v) is 6.97. The van der Waals surface area contributed by atoms with Crippen molar-refractivity contribution in [3.8, 4) is 0 Å². The molecular formula is C16H16ClF2N. The number of rotatable bonds is 5. The molecule has 2 aromatic carbocycles. The van der Waals surface area contributed by atoms with Gasteiger partial charge in [0.25, 0.3) is 0 Å². The Morgan fingerprint density at radius 1 is 1.05 bits per heavy atom. The highest BCUT2D eigenvalue weighted by Gasteiger charge is 2.14. The van der Waals surface area contributed by atoms with Crippen molar-refractivity contribution in [2.75, 3.05) is 11.4 Å². The molecule has 0 heterocycles. The third-order valence-corrected chi connectivity index (χ3v) is 3.33. The second-order valence-electron chi connectivity index (χ2n) is 4.58. The highest BCUT2D eigenvalue weighted by molar-refractivity contribution is 6.30. The van der Waals surface area contributed by atoms with Gasteiger partial charge in [-0.05, 0) is 42.8 Å². The summed E-state index contributed by atoms with van der Waals surface area (Å²) in [5.41, 5.74) is 1.22. The molecule has 0 saturated heterocycles. The van der Waals surface area contributed by atoms with Crippen LogP contribution in [0.25, 0.3) is 0 Å². The first-order chi connectivity index (χ1) is 9.61. The lowest BCUT2D eigenvalue weighted by Gasteiger charge is -2.25. The smallest absolute Gasteiger partial charge is 0.149 e. The Morgan fingerprint density at radius 2 is 1.75 bits per heavy atom. The van der Waals surface area contributed by atoms with Crippen LogP contribution in [0.4, 0.5) is 20.2 Å². The van der Waals surface area contributed by atoms with Gasteiger partial charge >= 0.3 is 0 Å². The van der Waals surface area contributed by atoms with Gasteiger partial charge in [-0.1, -0.05) is 24.9 Å². The minimum Gasteiger partial charge on any atom is -0.339 e. The van der Waals surface area contributed by atoms with Gasteiger partial charge in [0.15, 0.2) is 0 Å². The summed E-state index contributed by atoms with van der Waals surface area (Å²) < 4.78 is 27.0. The van der Waals surface area contributed by atoms with E-state index in [1.807, 2.05) is 17.0 Å². The number of benzene rings is 2. The van der Waals surface area contributed by atoms with Crippen LogP contribution in [-0.4, -0.2) is 6.54 Å². The van der Waals surface area contributed by atoms with E-state index in [-0.39, 0.29) is 0 Å². The molecular weight excluding hydrogens is 280 g/mol. The van der Waals surface area contributed by atoms with Gasteiger partial charge in [0, 0.05) is 23.3 Å². The third-order valence-electron chi connectivity index (χ3n) is 3.07. The SMILES string of the molecule is CCCCN(c1ccc(Cl)cc1)c1ccc(F)cc1F. The van der Waals surface area contributed by atoms with Crippen molar-refractivity contribution >= 4 is 23.0 Å². The molecule has 0 aliphatic heterocycles. The Kier molecular flexibility index (Phi) is 4.96. The number of hydrogen-bond donors (Lipinski definition) is 0. The minimum atomic E-state index is -0.571. The van der Waals surface area contributed by atoms with E-state index in [1.54, 1.807) is 12.1 Å². The number of anilines is 2. The highest BCUT2D eigenvalue weighted by Crippen LogP contribution is 2.29. The van der Waals surface area contributed by atoms with E-state index < -0.39 is 11.6 Å². The van der Waals surface area contributed by atoms with Crippen molar-refractivity contribution < 1.29 is 8.78 Å². The Bertz CT molecular complexity index is 569. The standard InChI is InChI=1S/C16H16ClF2N/c1-2-3-10-20(14-7-4-12(17)5-8-14)16-9-6-13(18)11-15(16)19/h4-9,11H,2-3,10H2,1H3. The van der Waals surface area contributed by atoms with Gasteiger partial charge in [-0.2, -0.15) is 0 Å². The Hall–Kier alpha value is -1.61. The molecule has 0 saturated carbocycles. The van der Waals surface area contributed by atoms with Crippen LogP contribution in [0.3, 0.4) is 0 Å².